The number of amides is 1. The van der Waals surface area contributed by atoms with Crippen LogP contribution in [0.15, 0.2) is 114 Å². The summed E-state index contributed by atoms with van der Waals surface area (Å²) in [4.78, 5) is 33.2. The fraction of sp³-hybridized carbons (Fsp3) is 0. The molecule has 0 radical (unpaired) electrons. The van der Waals surface area contributed by atoms with Gasteiger partial charge in [0.25, 0.3) is 11.6 Å². The molecule has 5 rings (SSSR count). The van der Waals surface area contributed by atoms with E-state index in [-0.39, 0.29) is 11.1 Å². The molecule has 2 N–H and O–H groups in total. The summed E-state index contributed by atoms with van der Waals surface area (Å²) in [7, 11) is 0. The van der Waals surface area contributed by atoms with Gasteiger partial charge in [0.15, 0.2) is 0 Å². The molecule has 0 aliphatic rings. The lowest BCUT2D eigenvalue weighted by Crippen LogP contribution is -2.17. The van der Waals surface area contributed by atoms with Crippen LogP contribution < -0.4 is 5.43 Å². The van der Waals surface area contributed by atoms with Crippen molar-refractivity contribution in [3.63, 3.8) is 0 Å². The first kappa shape index (κ1) is 26.5. The molecular formula is C30H21N5O6. The molecule has 0 saturated heterocycles. The number of carbonyl (C=O) groups is 1. The Morgan fingerprint density at radius 2 is 1.34 bits per heavy atom. The highest BCUT2D eigenvalue weighted by atomic mass is 16.6. The molecular weight excluding hydrogens is 526 g/mol. The Kier molecular flexibility index (Phi) is 7.33. The van der Waals surface area contributed by atoms with Crippen molar-refractivity contribution in [2.45, 2.75) is 0 Å². The molecule has 0 unspecified atom stereocenters. The topological polar surface area (TPSA) is 153 Å². The molecule has 41 heavy (non-hydrogen) atoms. The summed E-state index contributed by atoms with van der Waals surface area (Å²) < 4.78 is 2.10. The smallest absolute Gasteiger partial charge is 0.318 e. The maximum Gasteiger partial charge on any atom is 0.318 e. The Labute approximate surface area is 232 Å². The fourth-order valence-corrected chi connectivity index (χ4v) is 4.34. The number of hydrogen-bond acceptors (Lipinski definition) is 7. The first-order valence-corrected chi connectivity index (χ1v) is 12.3. The Balaban J connectivity index is 1.41. The second-order valence-corrected chi connectivity index (χ2v) is 8.83. The minimum absolute atomic E-state index is 0.273. The zero-order valence-corrected chi connectivity index (χ0v) is 21.2. The maximum atomic E-state index is 12.7. The van der Waals surface area contributed by atoms with Crippen LogP contribution in [0, 0.1) is 20.2 Å². The van der Waals surface area contributed by atoms with Gasteiger partial charge in [-0.15, -0.1) is 0 Å². The van der Waals surface area contributed by atoms with Crippen LogP contribution in [0.25, 0.3) is 28.2 Å². The molecule has 4 aromatic carbocycles. The van der Waals surface area contributed by atoms with Crippen molar-refractivity contribution >= 4 is 23.5 Å². The molecule has 0 atom stereocenters. The molecule has 11 heteroatoms. The van der Waals surface area contributed by atoms with Gasteiger partial charge in [0.2, 0.25) is 5.75 Å². The number of phenols is 1. The average molecular weight is 548 g/mol. The number of phenolic OH excluding ortho intramolecular Hbond substituents is 1. The van der Waals surface area contributed by atoms with Crippen LogP contribution in [-0.2, 0) is 0 Å². The van der Waals surface area contributed by atoms with Crippen LogP contribution in [0.4, 0.5) is 11.4 Å². The summed E-state index contributed by atoms with van der Waals surface area (Å²) in [6, 6.07) is 32.3. The number of aromatic nitrogens is 1. The van der Waals surface area contributed by atoms with Gasteiger partial charge < -0.3 is 9.67 Å². The molecule has 5 aromatic rings. The summed E-state index contributed by atoms with van der Waals surface area (Å²) in [5.41, 5.74) is 5.60. The van der Waals surface area contributed by atoms with E-state index in [2.05, 4.69) is 15.1 Å². The highest BCUT2D eigenvalue weighted by Crippen LogP contribution is 2.34. The van der Waals surface area contributed by atoms with E-state index in [0.29, 0.717) is 6.07 Å². The Bertz CT molecular complexity index is 1730. The minimum atomic E-state index is -0.947. The average Bonchev–Trinajstić information content (AvgIpc) is 3.44. The number of non-ortho nitro benzene ring substituents is 1. The van der Waals surface area contributed by atoms with E-state index in [1.807, 2.05) is 72.8 Å². The molecule has 0 spiro atoms. The number of nitrogens with zero attached hydrogens (tertiary/aromatic N) is 4. The lowest BCUT2D eigenvalue weighted by Gasteiger charge is -2.15. The number of hydrazone groups is 1. The van der Waals surface area contributed by atoms with Gasteiger partial charge in [0.1, 0.15) is 0 Å². The van der Waals surface area contributed by atoms with E-state index in [1.165, 1.54) is 0 Å². The first-order valence-electron chi connectivity index (χ1n) is 12.3. The van der Waals surface area contributed by atoms with Crippen molar-refractivity contribution in [1.29, 1.82) is 0 Å². The minimum Gasteiger partial charge on any atom is -0.502 e. The van der Waals surface area contributed by atoms with E-state index >= 15 is 0 Å². The summed E-state index contributed by atoms with van der Waals surface area (Å²) in [6.45, 7) is 0. The third-order valence-corrected chi connectivity index (χ3v) is 6.29. The fourth-order valence-electron chi connectivity index (χ4n) is 4.34. The molecule has 0 saturated carbocycles. The van der Waals surface area contributed by atoms with E-state index < -0.39 is 32.9 Å². The van der Waals surface area contributed by atoms with Crippen LogP contribution >= 0.6 is 0 Å². The molecule has 0 aliphatic carbocycles. The van der Waals surface area contributed by atoms with E-state index in [9.17, 15) is 30.1 Å². The summed E-state index contributed by atoms with van der Waals surface area (Å²) in [5, 5.41) is 36.1. The third kappa shape index (κ3) is 5.54. The Hall–Kier alpha value is -6.10. The van der Waals surface area contributed by atoms with Crippen LogP contribution in [0.1, 0.15) is 15.9 Å². The summed E-state index contributed by atoms with van der Waals surface area (Å²) >= 11 is 0. The number of hydrogen-bond donors (Lipinski definition) is 2. The number of nitro groups is 2. The first-order chi connectivity index (χ1) is 19.8. The van der Waals surface area contributed by atoms with E-state index in [4.69, 9.17) is 0 Å². The molecule has 202 valence electrons. The third-order valence-electron chi connectivity index (χ3n) is 6.29. The number of aromatic hydroxyl groups is 1. The van der Waals surface area contributed by atoms with Crippen LogP contribution in [0.5, 0.6) is 5.75 Å². The standard InChI is InChI=1S/C30H21N5O6/c36-29-23(17-25(34(38)39)18-28(29)35(40)41)19-31-32-30(37)22-11-13-24(14-12-22)33-26(20-7-3-1-4-8-20)15-16-27(33)21-9-5-2-6-10-21/h1-19,36H,(H,32,37)/b31-19-. The van der Waals surface area contributed by atoms with Crippen molar-refractivity contribution < 1.29 is 19.7 Å². The molecule has 0 bridgehead atoms. The summed E-state index contributed by atoms with van der Waals surface area (Å²) in [5.74, 6) is -1.40. The predicted octanol–water partition coefficient (Wildman–Crippen LogP) is 6.10. The van der Waals surface area contributed by atoms with Crippen molar-refractivity contribution in [2.24, 2.45) is 5.10 Å². The van der Waals surface area contributed by atoms with Gasteiger partial charge >= 0.3 is 5.69 Å². The molecule has 1 heterocycles. The van der Waals surface area contributed by atoms with Gasteiger partial charge in [-0.2, -0.15) is 5.10 Å². The largest absolute Gasteiger partial charge is 0.502 e. The quantitative estimate of drug-likeness (QED) is 0.136. The second kappa shape index (κ2) is 11.3. The number of rotatable bonds is 8. The number of nitrogens with one attached hydrogen (secondary N) is 1. The SMILES string of the molecule is O=C(N/N=C\c1cc([N+](=O)[O-])cc([N+](=O)[O-])c1O)c1ccc(-n2c(-c3ccccc3)ccc2-c2ccccc2)cc1. The predicted molar refractivity (Wildman–Crippen MR) is 153 cm³/mol. The lowest BCUT2D eigenvalue weighted by atomic mass is 10.1. The number of nitro benzene ring substituents is 2. The highest BCUT2D eigenvalue weighted by Gasteiger charge is 2.23. The van der Waals surface area contributed by atoms with E-state index in [1.54, 1.807) is 24.3 Å². The highest BCUT2D eigenvalue weighted by molar-refractivity contribution is 5.95. The zero-order chi connectivity index (χ0) is 28.9. The number of benzene rings is 4. The normalized spacial score (nSPS) is 10.9. The summed E-state index contributed by atoms with van der Waals surface area (Å²) in [6.07, 6.45) is 0.902. The molecule has 1 amide bonds. The van der Waals surface area contributed by atoms with Gasteiger partial charge in [-0.05, 0) is 47.5 Å². The van der Waals surface area contributed by atoms with Crippen molar-refractivity contribution in [2.75, 3.05) is 0 Å². The van der Waals surface area contributed by atoms with Gasteiger partial charge in [0.05, 0.1) is 39.1 Å². The zero-order valence-electron chi connectivity index (χ0n) is 21.2. The van der Waals surface area contributed by atoms with Crippen LogP contribution in [-0.4, -0.2) is 31.6 Å². The Morgan fingerprint density at radius 3 is 1.85 bits per heavy atom. The lowest BCUT2D eigenvalue weighted by molar-refractivity contribution is -0.394. The monoisotopic (exact) mass is 547 g/mol. The second-order valence-electron chi connectivity index (χ2n) is 8.83. The van der Waals surface area contributed by atoms with Gasteiger partial charge in [-0.25, -0.2) is 5.43 Å². The Morgan fingerprint density at radius 1 is 0.780 bits per heavy atom. The number of carbonyl (C=O) groups excluding carboxylic acids is 1. The molecule has 0 fully saturated rings. The van der Waals surface area contributed by atoms with Gasteiger partial charge in [-0.1, -0.05) is 60.7 Å². The van der Waals surface area contributed by atoms with Crippen LogP contribution in [0.2, 0.25) is 0 Å². The molecule has 11 nitrogen and oxygen atoms in total. The van der Waals surface area contributed by atoms with E-state index in [0.717, 1.165) is 40.5 Å². The van der Waals surface area contributed by atoms with Gasteiger partial charge in [-0.3, -0.25) is 25.0 Å². The molecule has 0 aliphatic heterocycles. The molecule has 1 aromatic heterocycles. The van der Waals surface area contributed by atoms with Crippen molar-refractivity contribution in [3.8, 4) is 34.0 Å². The van der Waals surface area contributed by atoms with Crippen molar-refractivity contribution in [1.82, 2.24) is 9.99 Å². The maximum absolute atomic E-state index is 12.7. The van der Waals surface area contributed by atoms with Crippen LogP contribution in [0.3, 0.4) is 0 Å². The van der Waals surface area contributed by atoms with Crippen molar-refractivity contribution in [3.05, 3.63) is 141 Å². The van der Waals surface area contributed by atoms with Gasteiger partial charge in [0, 0.05) is 17.3 Å².